The molecule has 0 saturated carbocycles. The van der Waals surface area contributed by atoms with E-state index in [0.29, 0.717) is 0 Å². The molecule has 0 aliphatic heterocycles. The molecule has 0 heterocycles. The number of hydrogen-bond donors (Lipinski definition) is 1. The molecule has 9 heavy (non-hydrogen) atoms. The normalized spacial score (nSPS) is 10.0. The van der Waals surface area contributed by atoms with Crippen LogP contribution in [0, 0.1) is 0 Å². The smallest absolute Gasteiger partial charge is 0.0195 e. The van der Waals surface area contributed by atoms with Gasteiger partial charge in [0.1, 0.15) is 0 Å². The Morgan fingerprint density at radius 2 is 1.78 bits per heavy atom. The minimum atomic E-state index is 0.906. The van der Waals surface area contributed by atoms with Gasteiger partial charge < -0.3 is 4.55 Å². The Balaban J connectivity index is 2.60. The lowest BCUT2D eigenvalue weighted by molar-refractivity contribution is 0.637. The monoisotopic (exact) mass is 148 g/mol. The molecule has 0 aromatic rings. The summed E-state index contributed by atoms with van der Waals surface area (Å²) in [6.07, 6.45) is 6.42. The zero-order chi connectivity index (χ0) is 6.95. The van der Waals surface area contributed by atoms with E-state index in [1.54, 1.807) is 0 Å². The van der Waals surface area contributed by atoms with Crippen molar-refractivity contribution < 1.29 is 4.55 Å². The van der Waals surface area contributed by atoms with E-state index in [9.17, 15) is 0 Å². The third-order valence-corrected chi connectivity index (χ3v) is 1.81. The van der Waals surface area contributed by atoms with Gasteiger partial charge in [-0.1, -0.05) is 32.6 Å². The first-order valence-electron chi connectivity index (χ1n) is 3.68. The maximum atomic E-state index is 8.34. The van der Waals surface area contributed by atoms with Crippen LogP contribution < -0.4 is 0 Å². The third kappa shape index (κ3) is 8.31. The van der Waals surface area contributed by atoms with Crippen LogP contribution >= 0.6 is 12.0 Å². The Morgan fingerprint density at radius 3 is 2.33 bits per heavy atom. The van der Waals surface area contributed by atoms with Crippen LogP contribution in [0.1, 0.15) is 39.0 Å². The van der Waals surface area contributed by atoms with E-state index in [0.717, 1.165) is 17.8 Å². The Hall–Kier alpha value is 0.310. The Bertz CT molecular complexity index is 42.2. The van der Waals surface area contributed by atoms with Gasteiger partial charge in [-0.2, -0.15) is 0 Å². The summed E-state index contributed by atoms with van der Waals surface area (Å²) in [6, 6.07) is 0. The minimum Gasteiger partial charge on any atom is -0.330 e. The zero-order valence-electron chi connectivity index (χ0n) is 6.10. The van der Waals surface area contributed by atoms with E-state index in [4.69, 9.17) is 4.55 Å². The molecule has 0 aliphatic rings. The molecule has 0 fully saturated rings. The van der Waals surface area contributed by atoms with Crippen LogP contribution in [-0.4, -0.2) is 10.3 Å². The molecule has 0 aliphatic carbocycles. The van der Waals surface area contributed by atoms with Crippen molar-refractivity contribution in [3.8, 4) is 0 Å². The first kappa shape index (κ1) is 9.31. The van der Waals surface area contributed by atoms with Crippen LogP contribution in [0.5, 0.6) is 0 Å². The quantitative estimate of drug-likeness (QED) is 0.461. The van der Waals surface area contributed by atoms with E-state index in [-0.39, 0.29) is 0 Å². The molecule has 0 aromatic heterocycles. The van der Waals surface area contributed by atoms with Gasteiger partial charge in [0.2, 0.25) is 0 Å². The summed E-state index contributed by atoms with van der Waals surface area (Å²) in [6.45, 7) is 2.21. The van der Waals surface area contributed by atoms with Crippen LogP contribution in [0.2, 0.25) is 0 Å². The summed E-state index contributed by atoms with van der Waals surface area (Å²) in [5, 5.41) is 0. The first-order chi connectivity index (χ1) is 4.41. The molecule has 0 atom stereocenters. The average Bonchev–Trinajstić information content (AvgIpc) is 1.89. The van der Waals surface area contributed by atoms with Crippen LogP contribution in [0.25, 0.3) is 0 Å². The second kappa shape index (κ2) is 8.31. The van der Waals surface area contributed by atoms with Crippen molar-refractivity contribution in [2.24, 2.45) is 0 Å². The van der Waals surface area contributed by atoms with E-state index >= 15 is 0 Å². The fourth-order valence-electron chi connectivity index (χ4n) is 0.770. The molecule has 0 rings (SSSR count). The standard InChI is InChI=1S/C7H16OS/c1-2-3-4-5-6-7-9-8/h8H,2-7H2,1H3. The molecule has 0 bridgehead atoms. The van der Waals surface area contributed by atoms with Gasteiger partial charge in [-0.25, -0.2) is 0 Å². The highest BCUT2D eigenvalue weighted by molar-refractivity contribution is 7.93. The molecule has 1 nitrogen and oxygen atoms in total. The lowest BCUT2D eigenvalue weighted by atomic mass is 10.2. The van der Waals surface area contributed by atoms with Crippen molar-refractivity contribution in [3.05, 3.63) is 0 Å². The van der Waals surface area contributed by atoms with Crippen molar-refractivity contribution >= 4 is 12.0 Å². The van der Waals surface area contributed by atoms with Crippen molar-refractivity contribution in [3.63, 3.8) is 0 Å². The summed E-state index contributed by atoms with van der Waals surface area (Å²) in [5.41, 5.74) is 0. The lowest BCUT2D eigenvalue weighted by Crippen LogP contribution is -1.79. The van der Waals surface area contributed by atoms with E-state index in [1.807, 2.05) is 0 Å². The topological polar surface area (TPSA) is 20.2 Å². The Kier molecular flexibility index (Phi) is 8.60. The first-order valence-corrected chi connectivity index (χ1v) is 4.62. The Morgan fingerprint density at radius 1 is 1.11 bits per heavy atom. The van der Waals surface area contributed by atoms with Crippen LogP contribution in [-0.2, 0) is 0 Å². The molecule has 1 N–H and O–H groups in total. The number of rotatable bonds is 6. The molecule has 0 aromatic carbocycles. The molecular formula is C7H16OS. The van der Waals surface area contributed by atoms with Gasteiger partial charge in [-0.05, 0) is 18.5 Å². The van der Waals surface area contributed by atoms with Gasteiger partial charge in [0.15, 0.2) is 0 Å². The maximum absolute atomic E-state index is 8.34. The van der Waals surface area contributed by atoms with Crippen molar-refractivity contribution in [1.82, 2.24) is 0 Å². The molecule has 0 radical (unpaired) electrons. The van der Waals surface area contributed by atoms with Crippen molar-refractivity contribution in [1.29, 1.82) is 0 Å². The predicted molar refractivity (Wildman–Crippen MR) is 43.8 cm³/mol. The molecule has 0 spiro atoms. The summed E-state index contributed by atoms with van der Waals surface area (Å²) in [7, 11) is 0. The van der Waals surface area contributed by atoms with E-state index < -0.39 is 0 Å². The van der Waals surface area contributed by atoms with Gasteiger partial charge in [-0.3, -0.25) is 0 Å². The fourth-order valence-corrected chi connectivity index (χ4v) is 1.10. The second-order valence-electron chi connectivity index (χ2n) is 2.25. The van der Waals surface area contributed by atoms with Gasteiger partial charge in [-0.15, -0.1) is 0 Å². The predicted octanol–water partition coefficient (Wildman–Crippen LogP) is 3.16. The summed E-state index contributed by atoms with van der Waals surface area (Å²) < 4.78 is 8.34. The second-order valence-corrected chi connectivity index (χ2v) is 2.91. The number of unbranched alkanes of at least 4 members (excludes halogenated alkanes) is 4. The zero-order valence-corrected chi connectivity index (χ0v) is 6.91. The highest BCUT2D eigenvalue weighted by atomic mass is 32.2. The van der Waals surface area contributed by atoms with Crippen molar-refractivity contribution in [2.45, 2.75) is 39.0 Å². The van der Waals surface area contributed by atoms with Gasteiger partial charge in [0.25, 0.3) is 0 Å². The van der Waals surface area contributed by atoms with Crippen LogP contribution in [0.15, 0.2) is 0 Å². The maximum Gasteiger partial charge on any atom is 0.0195 e. The van der Waals surface area contributed by atoms with Gasteiger partial charge >= 0.3 is 0 Å². The van der Waals surface area contributed by atoms with Crippen LogP contribution in [0.3, 0.4) is 0 Å². The SMILES string of the molecule is CCCCCCCSO. The van der Waals surface area contributed by atoms with Gasteiger partial charge in [0.05, 0.1) is 0 Å². The molecule has 56 valence electrons. The number of hydrogen-bond acceptors (Lipinski definition) is 2. The molecule has 0 amide bonds. The highest BCUT2D eigenvalue weighted by Crippen LogP contribution is 2.05. The molecule has 0 unspecified atom stereocenters. The van der Waals surface area contributed by atoms with Crippen molar-refractivity contribution in [2.75, 3.05) is 5.75 Å². The minimum absolute atomic E-state index is 0.906. The average molecular weight is 148 g/mol. The molecule has 0 saturated heterocycles. The van der Waals surface area contributed by atoms with E-state index in [2.05, 4.69) is 6.92 Å². The summed E-state index contributed by atoms with van der Waals surface area (Å²) in [4.78, 5) is 0. The molecule has 2 heteroatoms. The van der Waals surface area contributed by atoms with Crippen LogP contribution in [0.4, 0.5) is 0 Å². The van der Waals surface area contributed by atoms with E-state index in [1.165, 1.54) is 32.1 Å². The highest BCUT2D eigenvalue weighted by Gasteiger charge is 1.86. The Labute approximate surface area is 62.1 Å². The summed E-state index contributed by atoms with van der Waals surface area (Å²) >= 11 is 0.960. The van der Waals surface area contributed by atoms with Gasteiger partial charge in [0, 0.05) is 5.75 Å². The lowest BCUT2D eigenvalue weighted by Gasteiger charge is -1.95. The third-order valence-electron chi connectivity index (χ3n) is 1.34. The summed E-state index contributed by atoms with van der Waals surface area (Å²) in [5.74, 6) is 0.906. The fraction of sp³-hybridized carbons (Fsp3) is 1.00. The molecular weight excluding hydrogens is 132 g/mol. The largest absolute Gasteiger partial charge is 0.330 e.